The highest BCUT2D eigenvalue weighted by Crippen LogP contribution is 2.30. The predicted molar refractivity (Wildman–Crippen MR) is 108 cm³/mol. The summed E-state index contributed by atoms with van der Waals surface area (Å²) in [6.45, 7) is 6.39. The molecule has 2 aliphatic rings. The molecule has 0 aromatic heterocycles. The van der Waals surface area contributed by atoms with Crippen LogP contribution in [0, 0.1) is 11.8 Å². The van der Waals surface area contributed by atoms with Crippen molar-refractivity contribution in [2.45, 2.75) is 110 Å². The van der Waals surface area contributed by atoms with E-state index in [1.807, 2.05) is 0 Å². The van der Waals surface area contributed by atoms with Crippen molar-refractivity contribution in [3.63, 3.8) is 0 Å². The predicted octanol–water partition coefficient (Wildman–Crippen LogP) is 4.96. The third kappa shape index (κ3) is 8.85. The van der Waals surface area contributed by atoms with Gasteiger partial charge in [0.05, 0.1) is 19.0 Å². The fourth-order valence-electron chi connectivity index (χ4n) is 4.45. The summed E-state index contributed by atoms with van der Waals surface area (Å²) in [4.78, 5) is 0. The van der Waals surface area contributed by atoms with E-state index in [0.717, 1.165) is 24.8 Å². The fourth-order valence-corrected chi connectivity index (χ4v) is 4.45. The second-order valence-corrected chi connectivity index (χ2v) is 8.40. The maximum Gasteiger partial charge on any atom is 0.0981 e. The fraction of sp³-hybridized carbons (Fsp3) is 1.00. The van der Waals surface area contributed by atoms with Crippen molar-refractivity contribution in [3.05, 3.63) is 0 Å². The van der Waals surface area contributed by atoms with Crippen LogP contribution in [-0.2, 0) is 4.74 Å². The van der Waals surface area contributed by atoms with Crippen LogP contribution in [-0.4, -0.2) is 25.5 Å². The van der Waals surface area contributed by atoms with Gasteiger partial charge in [0.15, 0.2) is 0 Å². The van der Waals surface area contributed by atoms with Crippen LogP contribution in [0.5, 0.6) is 0 Å². The lowest BCUT2D eigenvalue weighted by atomic mass is 9.83. The first-order chi connectivity index (χ1) is 12.3. The quantitative estimate of drug-likeness (QED) is 0.670. The minimum absolute atomic E-state index is 0. The lowest BCUT2D eigenvalue weighted by Crippen LogP contribution is -2.50. The third-order valence-corrected chi connectivity index (χ3v) is 6.09. The molecule has 0 spiro atoms. The zero-order valence-corrected chi connectivity index (χ0v) is 16.8. The molecule has 1 heterocycles. The molecule has 0 aromatic rings. The minimum Gasteiger partial charge on any atom is -0.363 e. The molecule has 3 atom stereocenters. The Morgan fingerprint density at radius 2 is 1.64 bits per heavy atom. The summed E-state index contributed by atoms with van der Waals surface area (Å²) in [5.41, 5.74) is 6.88. The Labute approximate surface area is 157 Å². The molecule has 0 aromatic carbocycles. The number of hydrogen-bond donors (Lipinski definition) is 3. The zero-order chi connectivity index (χ0) is 17.7. The topological polar surface area (TPSA) is 45.3 Å². The average Bonchev–Trinajstić information content (AvgIpc) is 2.64. The average molecular weight is 356 g/mol. The second kappa shape index (κ2) is 13.1. The molecule has 2 fully saturated rings. The molecule has 1 aliphatic carbocycles. The van der Waals surface area contributed by atoms with E-state index in [9.17, 15) is 0 Å². The Bertz CT molecular complexity index is 326. The molecule has 1 saturated carbocycles. The lowest BCUT2D eigenvalue weighted by molar-refractivity contribution is -0.0208. The van der Waals surface area contributed by atoms with E-state index in [-0.39, 0.29) is 1.43 Å². The van der Waals surface area contributed by atoms with Crippen LogP contribution >= 0.6 is 0 Å². The van der Waals surface area contributed by atoms with E-state index < -0.39 is 0 Å². The molecule has 0 amide bonds. The first-order valence-electron chi connectivity index (χ1n) is 11.1. The molecular weight excluding hydrogens is 310 g/mol. The van der Waals surface area contributed by atoms with Crippen LogP contribution < -0.4 is 16.2 Å². The standard InChI is InChI=1S/C21H43N3O.H2/c1-3-10-21-22-17-25-20(19-13-5-4-6-14-19)15-8-7-11-18(2)12-9-16-23-24-21;/h18-24H,3-17H2,1-2H3;1H. The normalized spacial score (nSPS) is 32.6. The summed E-state index contributed by atoms with van der Waals surface area (Å²) in [5, 5.41) is 3.57. The van der Waals surface area contributed by atoms with Gasteiger partial charge in [0.1, 0.15) is 0 Å². The highest BCUT2D eigenvalue weighted by atomic mass is 16.5. The first-order valence-corrected chi connectivity index (χ1v) is 11.1. The molecule has 2 rings (SSSR count). The van der Waals surface area contributed by atoms with E-state index in [1.54, 1.807) is 0 Å². The number of rotatable bonds is 3. The second-order valence-electron chi connectivity index (χ2n) is 8.40. The van der Waals surface area contributed by atoms with Crippen LogP contribution in [0.2, 0.25) is 0 Å². The summed E-state index contributed by atoms with van der Waals surface area (Å²) in [7, 11) is 0. The van der Waals surface area contributed by atoms with Crippen LogP contribution in [0.1, 0.15) is 98.7 Å². The molecule has 0 radical (unpaired) electrons. The van der Waals surface area contributed by atoms with Gasteiger partial charge >= 0.3 is 0 Å². The third-order valence-electron chi connectivity index (χ3n) is 6.09. The van der Waals surface area contributed by atoms with Gasteiger partial charge < -0.3 is 4.74 Å². The van der Waals surface area contributed by atoms with E-state index >= 15 is 0 Å². The van der Waals surface area contributed by atoms with Crippen LogP contribution in [0.4, 0.5) is 0 Å². The summed E-state index contributed by atoms with van der Waals surface area (Å²) < 4.78 is 6.38. The summed E-state index contributed by atoms with van der Waals surface area (Å²) in [6.07, 6.45) is 18.0. The van der Waals surface area contributed by atoms with Crippen molar-refractivity contribution in [3.8, 4) is 0 Å². The number of hydrogen-bond acceptors (Lipinski definition) is 4. The molecule has 3 unspecified atom stereocenters. The first kappa shape index (κ1) is 21.1. The smallest absolute Gasteiger partial charge is 0.0981 e. The summed E-state index contributed by atoms with van der Waals surface area (Å²) in [5.74, 6) is 1.64. The van der Waals surface area contributed by atoms with Gasteiger partial charge in [0.2, 0.25) is 0 Å². The van der Waals surface area contributed by atoms with E-state index in [1.165, 1.54) is 77.0 Å². The van der Waals surface area contributed by atoms with Gasteiger partial charge in [-0.3, -0.25) is 10.7 Å². The lowest BCUT2D eigenvalue weighted by Gasteiger charge is -2.31. The van der Waals surface area contributed by atoms with Gasteiger partial charge in [-0.15, -0.1) is 0 Å². The van der Waals surface area contributed by atoms with Gasteiger partial charge in [-0.05, 0) is 50.4 Å². The van der Waals surface area contributed by atoms with Crippen molar-refractivity contribution >= 4 is 0 Å². The molecular formula is C21H45N3O. The summed E-state index contributed by atoms with van der Waals surface area (Å²) in [6, 6.07) is 0. The van der Waals surface area contributed by atoms with E-state index in [0.29, 0.717) is 19.0 Å². The monoisotopic (exact) mass is 355 g/mol. The Morgan fingerprint density at radius 1 is 0.920 bits per heavy atom. The van der Waals surface area contributed by atoms with Crippen molar-refractivity contribution < 1.29 is 6.16 Å². The van der Waals surface area contributed by atoms with Gasteiger partial charge in [0.25, 0.3) is 0 Å². The SMILES string of the molecule is CCCC1NCOC(C2CCCCC2)CCCCC(C)CCCNN1.[HH]. The van der Waals surface area contributed by atoms with Gasteiger partial charge in [0, 0.05) is 7.97 Å². The molecule has 0 bridgehead atoms. The minimum atomic E-state index is 0. The van der Waals surface area contributed by atoms with Gasteiger partial charge in [-0.1, -0.05) is 58.8 Å². The van der Waals surface area contributed by atoms with Crippen molar-refractivity contribution in [1.29, 1.82) is 0 Å². The van der Waals surface area contributed by atoms with Gasteiger partial charge in [-0.2, -0.15) is 0 Å². The van der Waals surface area contributed by atoms with Gasteiger partial charge in [-0.25, -0.2) is 5.43 Å². The van der Waals surface area contributed by atoms with Crippen molar-refractivity contribution in [2.75, 3.05) is 13.3 Å². The maximum absolute atomic E-state index is 6.38. The maximum atomic E-state index is 6.38. The Morgan fingerprint density at radius 3 is 2.44 bits per heavy atom. The van der Waals surface area contributed by atoms with E-state index in [4.69, 9.17) is 4.74 Å². The largest absolute Gasteiger partial charge is 0.363 e. The highest BCUT2D eigenvalue weighted by Gasteiger charge is 2.24. The van der Waals surface area contributed by atoms with Crippen LogP contribution in [0.15, 0.2) is 0 Å². The Kier molecular flexibility index (Phi) is 11.1. The number of hydrazine groups is 1. The number of ether oxygens (including phenoxy) is 1. The Balaban J connectivity index is 0.00000338. The molecule has 25 heavy (non-hydrogen) atoms. The molecule has 1 saturated heterocycles. The van der Waals surface area contributed by atoms with Crippen LogP contribution in [0.3, 0.4) is 0 Å². The molecule has 4 nitrogen and oxygen atoms in total. The van der Waals surface area contributed by atoms with E-state index in [2.05, 4.69) is 30.0 Å². The van der Waals surface area contributed by atoms with Crippen molar-refractivity contribution in [2.24, 2.45) is 11.8 Å². The summed E-state index contributed by atoms with van der Waals surface area (Å²) >= 11 is 0. The van der Waals surface area contributed by atoms with Crippen molar-refractivity contribution in [1.82, 2.24) is 16.2 Å². The molecule has 150 valence electrons. The molecule has 4 heteroatoms. The Hall–Kier alpha value is -0.160. The molecule has 3 N–H and O–H groups in total. The molecule has 1 aliphatic heterocycles. The zero-order valence-electron chi connectivity index (χ0n) is 16.8. The highest BCUT2D eigenvalue weighted by molar-refractivity contribution is 4.75. The van der Waals surface area contributed by atoms with Crippen LogP contribution in [0.25, 0.3) is 0 Å². The number of nitrogens with one attached hydrogen (secondary N) is 3.